The number of nitrogens with zero attached hydrogens (tertiary/aromatic N) is 3. The molecule has 0 spiro atoms. The predicted molar refractivity (Wildman–Crippen MR) is 71.9 cm³/mol. The van der Waals surface area contributed by atoms with Crippen LogP contribution in [-0.4, -0.2) is 26.1 Å². The first-order valence-electron chi connectivity index (χ1n) is 6.19. The molecule has 100 valence electrons. The van der Waals surface area contributed by atoms with Crippen molar-refractivity contribution in [2.45, 2.75) is 33.6 Å². The molecule has 0 unspecified atom stereocenters. The monoisotopic (exact) mass is 259 g/mol. The standard InChI is InChI=1S/C14H17N3O2/c1-8(2)13-12(14(18)19)15-16-17(13)11-7-5-6-9(3)10(11)4/h5-8H,1-4H3,(H,18,19). The first kappa shape index (κ1) is 13.3. The Morgan fingerprint density at radius 3 is 2.58 bits per heavy atom. The summed E-state index contributed by atoms with van der Waals surface area (Å²) >= 11 is 0. The number of carboxylic acids is 1. The Bertz CT molecular complexity index is 630. The van der Waals surface area contributed by atoms with E-state index >= 15 is 0 Å². The van der Waals surface area contributed by atoms with Crippen molar-refractivity contribution in [3.05, 3.63) is 40.7 Å². The van der Waals surface area contributed by atoms with Gasteiger partial charge in [0, 0.05) is 0 Å². The van der Waals surface area contributed by atoms with E-state index in [1.54, 1.807) is 4.68 Å². The molecule has 1 aromatic heterocycles. The van der Waals surface area contributed by atoms with Crippen LogP contribution in [0.5, 0.6) is 0 Å². The Morgan fingerprint density at radius 2 is 2.00 bits per heavy atom. The fraction of sp³-hybridized carbons (Fsp3) is 0.357. The van der Waals surface area contributed by atoms with Crippen molar-refractivity contribution in [2.75, 3.05) is 0 Å². The zero-order chi connectivity index (χ0) is 14.2. The van der Waals surface area contributed by atoms with Gasteiger partial charge < -0.3 is 5.11 Å². The van der Waals surface area contributed by atoms with E-state index in [1.807, 2.05) is 45.9 Å². The molecule has 5 nitrogen and oxygen atoms in total. The third kappa shape index (κ3) is 2.23. The second kappa shape index (κ2) is 4.84. The molecule has 0 saturated heterocycles. The summed E-state index contributed by atoms with van der Waals surface area (Å²) in [4.78, 5) is 11.2. The number of carboxylic acid groups (broad SMARTS) is 1. The van der Waals surface area contributed by atoms with E-state index in [0.29, 0.717) is 5.69 Å². The highest BCUT2D eigenvalue weighted by molar-refractivity contribution is 5.86. The third-order valence-corrected chi connectivity index (χ3v) is 3.26. The lowest BCUT2D eigenvalue weighted by molar-refractivity contribution is 0.0688. The van der Waals surface area contributed by atoms with Crippen LogP contribution in [-0.2, 0) is 0 Å². The van der Waals surface area contributed by atoms with Crippen LogP contribution >= 0.6 is 0 Å². The Labute approximate surface area is 111 Å². The second-order valence-electron chi connectivity index (χ2n) is 4.91. The van der Waals surface area contributed by atoms with E-state index in [1.165, 1.54) is 0 Å². The van der Waals surface area contributed by atoms with E-state index in [0.717, 1.165) is 16.8 Å². The van der Waals surface area contributed by atoms with Gasteiger partial charge in [-0.25, -0.2) is 9.48 Å². The zero-order valence-electron chi connectivity index (χ0n) is 11.5. The molecule has 0 bridgehead atoms. The highest BCUT2D eigenvalue weighted by Gasteiger charge is 2.23. The largest absolute Gasteiger partial charge is 0.476 e. The molecule has 1 aromatic carbocycles. The van der Waals surface area contributed by atoms with Gasteiger partial charge in [0.25, 0.3) is 0 Å². The van der Waals surface area contributed by atoms with Crippen LogP contribution in [0, 0.1) is 13.8 Å². The molecular weight excluding hydrogens is 242 g/mol. The van der Waals surface area contributed by atoms with Crippen molar-refractivity contribution in [3.8, 4) is 5.69 Å². The lowest BCUT2D eigenvalue weighted by Crippen LogP contribution is -2.09. The molecule has 0 fully saturated rings. The zero-order valence-corrected chi connectivity index (χ0v) is 11.5. The molecule has 0 radical (unpaired) electrons. The number of hydrogen-bond acceptors (Lipinski definition) is 3. The molecule has 0 aliphatic heterocycles. The van der Waals surface area contributed by atoms with Crippen LogP contribution in [0.4, 0.5) is 0 Å². The van der Waals surface area contributed by atoms with Crippen LogP contribution in [0.2, 0.25) is 0 Å². The number of hydrogen-bond donors (Lipinski definition) is 1. The van der Waals surface area contributed by atoms with Gasteiger partial charge in [0.2, 0.25) is 0 Å². The van der Waals surface area contributed by atoms with Crippen molar-refractivity contribution in [1.29, 1.82) is 0 Å². The normalized spacial score (nSPS) is 11.0. The molecule has 0 aliphatic rings. The smallest absolute Gasteiger partial charge is 0.358 e. The minimum absolute atomic E-state index is 0.0240. The van der Waals surface area contributed by atoms with E-state index in [4.69, 9.17) is 0 Å². The minimum atomic E-state index is -1.04. The summed E-state index contributed by atoms with van der Waals surface area (Å²) in [5.41, 5.74) is 3.74. The van der Waals surface area contributed by atoms with Crippen molar-refractivity contribution >= 4 is 5.97 Å². The van der Waals surface area contributed by atoms with Gasteiger partial charge in [-0.1, -0.05) is 31.2 Å². The van der Waals surface area contributed by atoms with Crippen molar-refractivity contribution < 1.29 is 9.90 Å². The molecule has 0 aliphatic carbocycles. The van der Waals surface area contributed by atoms with Crippen molar-refractivity contribution in [3.63, 3.8) is 0 Å². The summed E-state index contributed by atoms with van der Waals surface area (Å²) in [5, 5.41) is 17.0. The first-order valence-corrected chi connectivity index (χ1v) is 6.19. The number of aromatic nitrogens is 3. The SMILES string of the molecule is Cc1cccc(-n2nnc(C(=O)O)c2C(C)C)c1C. The quantitative estimate of drug-likeness (QED) is 0.920. The van der Waals surface area contributed by atoms with E-state index < -0.39 is 5.97 Å². The molecule has 0 saturated carbocycles. The fourth-order valence-electron chi connectivity index (χ4n) is 2.10. The van der Waals surface area contributed by atoms with E-state index in [2.05, 4.69) is 10.3 Å². The summed E-state index contributed by atoms with van der Waals surface area (Å²) in [6.45, 7) is 7.89. The molecule has 0 atom stereocenters. The topological polar surface area (TPSA) is 68.0 Å². The minimum Gasteiger partial charge on any atom is -0.476 e. The Morgan fingerprint density at radius 1 is 1.32 bits per heavy atom. The number of aryl methyl sites for hydroxylation is 1. The maximum Gasteiger partial charge on any atom is 0.358 e. The molecule has 2 aromatic rings. The average Bonchev–Trinajstić information content (AvgIpc) is 2.77. The highest BCUT2D eigenvalue weighted by atomic mass is 16.4. The van der Waals surface area contributed by atoms with Gasteiger partial charge >= 0.3 is 5.97 Å². The number of rotatable bonds is 3. The fourth-order valence-corrected chi connectivity index (χ4v) is 2.10. The molecule has 19 heavy (non-hydrogen) atoms. The van der Waals surface area contributed by atoms with E-state index in [-0.39, 0.29) is 11.6 Å². The predicted octanol–water partition coefficient (Wildman–Crippen LogP) is 2.71. The molecule has 1 N–H and O–H groups in total. The van der Waals surface area contributed by atoms with Gasteiger partial charge in [-0.05, 0) is 37.0 Å². The van der Waals surface area contributed by atoms with Crippen molar-refractivity contribution in [1.82, 2.24) is 15.0 Å². The van der Waals surface area contributed by atoms with Gasteiger partial charge in [0.1, 0.15) is 0 Å². The third-order valence-electron chi connectivity index (χ3n) is 3.26. The summed E-state index contributed by atoms with van der Waals surface area (Å²) < 4.78 is 1.64. The Kier molecular flexibility index (Phi) is 3.38. The van der Waals surface area contributed by atoms with Gasteiger partial charge in [-0.2, -0.15) is 0 Å². The average molecular weight is 259 g/mol. The maximum absolute atomic E-state index is 11.2. The maximum atomic E-state index is 11.2. The van der Waals surface area contributed by atoms with Crippen LogP contribution in [0.1, 0.15) is 47.1 Å². The van der Waals surface area contributed by atoms with Crippen LogP contribution in [0.15, 0.2) is 18.2 Å². The van der Waals surface area contributed by atoms with E-state index in [9.17, 15) is 9.90 Å². The van der Waals surface area contributed by atoms with Gasteiger partial charge in [-0.15, -0.1) is 5.10 Å². The van der Waals surface area contributed by atoms with Crippen LogP contribution in [0.3, 0.4) is 0 Å². The molecular formula is C14H17N3O2. The first-order chi connectivity index (χ1) is 8.93. The Hall–Kier alpha value is -2.17. The molecule has 5 heteroatoms. The Balaban J connectivity index is 2.69. The molecule has 1 heterocycles. The number of carbonyl (C=O) groups is 1. The lowest BCUT2D eigenvalue weighted by atomic mass is 10.1. The van der Waals surface area contributed by atoms with Crippen LogP contribution < -0.4 is 0 Å². The number of aromatic carboxylic acids is 1. The second-order valence-corrected chi connectivity index (χ2v) is 4.91. The summed E-state index contributed by atoms with van der Waals surface area (Å²) in [5.74, 6) is -1.01. The summed E-state index contributed by atoms with van der Waals surface area (Å²) in [6.07, 6.45) is 0. The van der Waals surface area contributed by atoms with Crippen LogP contribution in [0.25, 0.3) is 5.69 Å². The highest BCUT2D eigenvalue weighted by Crippen LogP contribution is 2.24. The lowest BCUT2D eigenvalue weighted by Gasteiger charge is -2.13. The summed E-state index contributed by atoms with van der Waals surface area (Å²) in [7, 11) is 0. The molecule has 0 amide bonds. The van der Waals surface area contributed by atoms with Gasteiger partial charge in [0.15, 0.2) is 5.69 Å². The number of benzene rings is 1. The van der Waals surface area contributed by atoms with Gasteiger partial charge in [0.05, 0.1) is 11.4 Å². The van der Waals surface area contributed by atoms with Gasteiger partial charge in [-0.3, -0.25) is 0 Å². The molecule has 2 rings (SSSR count). The van der Waals surface area contributed by atoms with Crippen molar-refractivity contribution in [2.24, 2.45) is 0 Å². The summed E-state index contributed by atoms with van der Waals surface area (Å²) in [6, 6.07) is 5.88.